The molecular weight excluding hydrogens is 311 g/mol. The average molecular weight is 327 g/mol. The third kappa shape index (κ3) is 4.38. The summed E-state index contributed by atoms with van der Waals surface area (Å²) in [6.45, 7) is 6.93. The Labute approximate surface area is 134 Å². The van der Waals surface area contributed by atoms with Crippen LogP contribution < -0.4 is 4.74 Å². The molecule has 1 aromatic carbocycles. The molecule has 3 nitrogen and oxygen atoms in total. The Morgan fingerprint density at radius 1 is 1.38 bits per heavy atom. The number of hydrogen-bond donors (Lipinski definition) is 1. The van der Waals surface area contributed by atoms with E-state index in [2.05, 4.69) is 6.58 Å². The second-order valence-corrected chi connectivity index (χ2v) is 5.04. The number of hydrogen-bond acceptors (Lipinski definition) is 2. The van der Waals surface area contributed by atoms with Crippen molar-refractivity contribution in [3.8, 4) is 5.75 Å². The van der Waals surface area contributed by atoms with Gasteiger partial charge in [0.15, 0.2) is 5.75 Å². The molecule has 0 aliphatic rings. The van der Waals surface area contributed by atoms with Crippen LogP contribution in [0.3, 0.4) is 0 Å². The second-order valence-electron chi connectivity index (χ2n) is 4.22. The molecule has 0 saturated carbocycles. The highest BCUT2D eigenvalue weighted by Gasteiger charge is 2.22. The number of benzene rings is 1. The van der Waals surface area contributed by atoms with E-state index in [0.29, 0.717) is 21.4 Å². The van der Waals surface area contributed by atoms with Crippen LogP contribution in [-0.2, 0) is 4.79 Å². The largest absolute Gasteiger partial charge is 0.481 e. The molecule has 1 unspecified atom stereocenters. The van der Waals surface area contributed by atoms with E-state index in [1.54, 1.807) is 44.2 Å². The van der Waals surface area contributed by atoms with Crippen LogP contribution in [0.2, 0.25) is 10.0 Å². The zero-order valence-corrected chi connectivity index (χ0v) is 13.3. The Hall–Kier alpha value is -1.71. The summed E-state index contributed by atoms with van der Waals surface area (Å²) in [6.07, 6.45) is 4.77. The topological polar surface area (TPSA) is 46.5 Å². The maximum absolute atomic E-state index is 11.2. The quantitative estimate of drug-likeness (QED) is 0.583. The van der Waals surface area contributed by atoms with Gasteiger partial charge in [-0.05, 0) is 32.1 Å². The molecule has 1 N–H and O–H groups in total. The van der Waals surface area contributed by atoms with Crippen LogP contribution >= 0.6 is 23.2 Å². The zero-order valence-electron chi connectivity index (χ0n) is 11.8. The summed E-state index contributed by atoms with van der Waals surface area (Å²) in [5.41, 5.74) is 0.512. The molecule has 5 heteroatoms. The van der Waals surface area contributed by atoms with Gasteiger partial charge in [-0.15, -0.1) is 0 Å². The van der Waals surface area contributed by atoms with Crippen molar-refractivity contribution in [2.75, 3.05) is 0 Å². The summed E-state index contributed by atoms with van der Waals surface area (Å²) < 4.78 is 5.74. The third-order valence-corrected chi connectivity index (χ3v) is 3.43. The fraction of sp³-hybridized carbons (Fsp3) is 0.188. The first kappa shape index (κ1) is 17.3. The number of carboxylic acid groups (broad SMARTS) is 1. The van der Waals surface area contributed by atoms with Gasteiger partial charge in [-0.1, -0.05) is 48.0 Å². The van der Waals surface area contributed by atoms with Crippen molar-refractivity contribution in [1.29, 1.82) is 0 Å². The summed E-state index contributed by atoms with van der Waals surface area (Å²) in [5.74, 6) is -1.06. The van der Waals surface area contributed by atoms with Crippen molar-refractivity contribution in [2.45, 2.75) is 13.8 Å². The van der Waals surface area contributed by atoms with E-state index >= 15 is 0 Å². The second kappa shape index (κ2) is 7.91. The van der Waals surface area contributed by atoms with Crippen molar-refractivity contribution in [2.24, 2.45) is 5.92 Å². The Bertz CT molecular complexity index is 583. The van der Waals surface area contributed by atoms with Gasteiger partial charge in [0.1, 0.15) is 5.76 Å². The van der Waals surface area contributed by atoms with E-state index < -0.39 is 11.9 Å². The number of allylic oxidation sites excluding steroid dienone is 4. The molecule has 0 spiro atoms. The van der Waals surface area contributed by atoms with Crippen molar-refractivity contribution < 1.29 is 14.6 Å². The van der Waals surface area contributed by atoms with Gasteiger partial charge < -0.3 is 9.84 Å². The molecule has 1 aromatic rings. The van der Waals surface area contributed by atoms with Crippen LogP contribution in [0.4, 0.5) is 0 Å². The summed E-state index contributed by atoms with van der Waals surface area (Å²) in [7, 11) is 0. The first-order chi connectivity index (χ1) is 9.92. The highest BCUT2D eigenvalue weighted by molar-refractivity contribution is 6.37. The molecule has 0 saturated heterocycles. The van der Waals surface area contributed by atoms with Gasteiger partial charge in [0, 0.05) is 5.57 Å². The van der Waals surface area contributed by atoms with Crippen molar-refractivity contribution >= 4 is 29.2 Å². The van der Waals surface area contributed by atoms with Gasteiger partial charge in [0.2, 0.25) is 0 Å². The van der Waals surface area contributed by atoms with E-state index in [0.717, 1.165) is 0 Å². The standard InChI is InChI=1S/C16H16Cl2O3/c1-4-7-14(11(5-2)10(3)16(19)20)21-15-12(17)8-6-9-13(15)18/h4-10H,1H2,2-3H3,(H,19,20)/b11-5-,14-7+. The van der Waals surface area contributed by atoms with Crippen molar-refractivity contribution in [3.05, 3.63) is 64.4 Å². The minimum Gasteiger partial charge on any atom is -0.481 e. The fourth-order valence-corrected chi connectivity index (χ4v) is 2.20. The highest BCUT2D eigenvalue weighted by Crippen LogP contribution is 2.35. The molecule has 0 aliphatic carbocycles. The van der Waals surface area contributed by atoms with Crippen molar-refractivity contribution in [3.63, 3.8) is 0 Å². The Balaban J connectivity index is 3.23. The van der Waals surface area contributed by atoms with Gasteiger partial charge >= 0.3 is 5.97 Å². The molecule has 21 heavy (non-hydrogen) atoms. The minimum atomic E-state index is -0.952. The molecule has 0 fully saturated rings. The van der Waals surface area contributed by atoms with Crippen LogP contribution in [0.15, 0.2) is 54.3 Å². The lowest BCUT2D eigenvalue weighted by atomic mass is 9.99. The molecule has 0 aliphatic heterocycles. The van der Waals surface area contributed by atoms with Gasteiger partial charge in [0.05, 0.1) is 16.0 Å². The maximum atomic E-state index is 11.2. The normalized spacial score (nSPS) is 13.7. The molecule has 0 aromatic heterocycles. The average Bonchev–Trinajstić information content (AvgIpc) is 2.43. The lowest BCUT2D eigenvalue weighted by Crippen LogP contribution is -2.16. The monoisotopic (exact) mass is 326 g/mol. The summed E-state index contributed by atoms with van der Waals surface area (Å²) in [6, 6.07) is 4.99. The lowest BCUT2D eigenvalue weighted by Gasteiger charge is -2.17. The molecular formula is C16H16Cl2O3. The maximum Gasteiger partial charge on any atom is 0.310 e. The number of ether oxygens (including phenoxy) is 1. The molecule has 0 bridgehead atoms. The molecule has 0 heterocycles. The number of carbonyl (C=O) groups is 1. The number of carboxylic acids is 1. The number of halogens is 2. The van der Waals surface area contributed by atoms with E-state index in [1.165, 1.54) is 6.08 Å². The van der Waals surface area contributed by atoms with Crippen LogP contribution in [0.5, 0.6) is 5.75 Å². The van der Waals surface area contributed by atoms with E-state index in [9.17, 15) is 9.90 Å². The molecule has 0 radical (unpaired) electrons. The Morgan fingerprint density at radius 3 is 2.38 bits per heavy atom. The van der Waals surface area contributed by atoms with E-state index in [-0.39, 0.29) is 5.75 Å². The molecule has 112 valence electrons. The predicted octanol–water partition coefficient (Wildman–Crippen LogP) is 5.11. The van der Waals surface area contributed by atoms with E-state index in [4.69, 9.17) is 27.9 Å². The fourth-order valence-electron chi connectivity index (χ4n) is 1.72. The number of rotatable bonds is 6. The van der Waals surface area contributed by atoms with Crippen molar-refractivity contribution in [1.82, 2.24) is 0 Å². The Morgan fingerprint density at radius 2 is 1.95 bits per heavy atom. The molecule has 0 amide bonds. The van der Waals surface area contributed by atoms with Gasteiger partial charge in [-0.3, -0.25) is 4.79 Å². The summed E-state index contributed by atoms with van der Waals surface area (Å²) in [4.78, 5) is 11.2. The molecule has 1 atom stereocenters. The Kier molecular flexibility index (Phi) is 6.53. The smallest absolute Gasteiger partial charge is 0.310 e. The van der Waals surface area contributed by atoms with Crippen LogP contribution in [0.25, 0.3) is 0 Å². The lowest BCUT2D eigenvalue weighted by molar-refractivity contribution is -0.139. The third-order valence-electron chi connectivity index (χ3n) is 2.83. The number of para-hydroxylation sites is 1. The summed E-state index contributed by atoms with van der Waals surface area (Å²) in [5, 5.41) is 9.86. The first-order valence-electron chi connectivity index (χ1n) is 6.26. The SMILES string of the molecule is C=C/C=C(Oc1c(Cl)cccc1Cl)\C(=C/C)C(C)C(=O)O. The zero-order chi connectivity index (χ0) is 16.0. The number of aliphatic carboxylic acids is 1. The van der Waals surface area contributed by atoms with Gasteiger partial charge in [0.25, 0.3) is 0 Å². The van der Waals surface area contributed by atoms with Crippen LogP contribution in [-0.4, -0.2) is 11.1 Å². The van der Waals surface area contributed by atoms with Crippen LogP contribution in [0.1, 0.15) is 13.8 Å². The van der Waals surface area contributed by atoms with Crippen LogP contribution in [0, 0.1) is 5.92 Å². The summed E-state index contributed by atoms with van der Waals surface area (Å²) >= 11 is 12.1. The predicted molar refractivity (Wildman–Crippen MR) is 85.9 cm³/mol. The highest BCUT2D eigenvalue weighted by atomic mass is 35.5. The van der Waals surface area contributed by atoms with Gasteiger partial charge in [-0.2, -0.15) is 0 Å². The minimum absolute atomic E-state index is 0.283. The van der Waals surface area contributed by atoms with Gasteiger partial charge in [-0.25, -0.2) is 0 Å². The van der Waals surface area contributed by atoms with E-state index in [1.807, 2.05) is 0 Å². The molecule has 1 rings (SSSR count). The first-order valence-corrected chi connectivity index (χ1v) is 7.01.